The number of aliphatic imine (C=N–C) groups is 1. The van der Waals surface area contributed by atoms with Crippen LogP contribution in [0.2, 0.25) is 0 Å². The zero-order chi connectivity index (χ0) is 14.4. The molecule has 2 aromatic heterocycles. The number of nitrogens with zero attached hydrogens (tertiary/aromatic N) is 1. The first-order valence-corrected chi connectivity index (χ1v) is 7.54. The highest BCUT2D eigenvalue weighted by atomic mass is 32.1. The van der Waals surface area contributed by atoms with Crippen LogP contribution in [-0.2, 0) is 13.0 Å². The van der Waals surface area contributed by atoms with Crippen molar-refractivity contribution in [2.75, 3.05) is 7.05 Å². The van der Waals surface area contributed by atoms with Crippen LogP contribution < -0.4 is 10.6 Å². The van der Waals surface area contributed by atoms with Crippen molar-refractivity contribution in [2.24, 2.45) is 4.99 Å². The third-order valence-electron chi connectivity index (χ3n) is 2.92. The zero-order valence-corrected chi connectivity index (χ0v) is 13.0. The van der Waals surface area contributed by atoms with Crippen LogP contribution in [0.4, 0.5) is 0 Å². The standard InChI is InChI=1S/C15H21N3OS/c1-11(9-14-7-6-12(2)20-14)18-15(16-3)17-10-13-5-4-8-19-13/h4-8,11H,9-10H2,1-3H3,(H2,16,17,18). The van der Waals surface area contributed by atoms with Gasteiger partial charge in [-0.2, -0.15) is 0 Å². The molecule has 2 rings (SSSR count). The Kier molecular flexibility index (Phi) is 5.24. The van der Waals surface area contributed by atoms with Gasteiger partial charge in [-0.1, -0.05) is 0 Å². The second kappa shape index (κ2) is 7.14. The zero-order valence-electron chi connectivity index (χ0n) is 12.1. The Balaban J connectivity index is 1.80. The Morgan fingerprint density at radius 3 is 2.85 bits per heavy atom. The number of rotatable bonds is 5. The Morgan fingerprint density at radius 1 is 1.40 bits per heavy atom. The van der Waals surface area contributed by atoms with Crippen molar-refractivity contribution in [2.45, 2.75) is 32.9 Å². The summed E-state index contributed by atoms with van der Waals surface area (Å²) in [6, 6.07) is 8.51. The minimum absolute atomic E-state index is 0.329. The van der Waals surface area contributed by atoms with Gasteiger partial charge in [-0.25, -0.2) is 0 Å². The lowest BCUT2D eigenvalue weighted by Gasteiger charge is -2.16. The van der Waals surface area contributed by atoms with Crippen LogP contribution in [0, 0.1) is 6.92 Å². The molecule has 2 N–H and O–H groups in total. The van der Waals surface area contributed by atoms with Crippen molar-refractivity contribution in [3.63, 3.8) is 0 Å². The summed E-state index contributed by atoms with van der Waals surface area (Å²) < 4.78 is 5.29. The number of guanidine groups is 1. The molecule has 0 saturated heterocycles. The first-order valence-electron chi connectivity index (χ1n) is 6.72. The van der Waals surface area contributed by atoms with Crippen LogP contribution in [0.1, 0.15) is 22.4 Å². The van der Waals surface area contributed by atoms with Gasteiger partial charge >= 0.3 is 0 Å². The van der Waals surface area contributed by atoms with Gasteiger partial charge in [0.1, 0.15) is 5.76 Å². The van der Waals surface area contributed by atoms with Crippen LogP contribution in [-0.4, -0.2) is 19.0 Å². The Labute approximate surface area is 123 Å². The topological polar surface area (TPSA) is 49.6 Å². The third-order valence-corrected chi connectivity index (χ3v) is 3.94. The smallest absolute Gasteiger partial charge is 0.191 e. The predicted molar refractivity (Wildman–Crippen MR) is 84.3 cm³/mol. The molecule has 0 radical (unpaired) electrons. The largest absolute Gasteiger partial charge is 0.467 e. The van der Waals surface area contributed by atoms with Crippen LogP contribution in [0.15, 0.2) is 39.9 Å². The molecule has 108 valence electrons. The fraction of sp³-hybridized carbons (Fsp3) is 0.400. The number of hydrogen-bond acceptors (Lipinski definition) is 3. The van der Waals surface area contributed by atoms with Crippen LogP contribution >= 0.6 is 11.3 Å². The van der Waals surface area contributed by atoms with E-state index in [0.717, 1.165) is 18.1 Å². The summed E-state index contributed by atoms with van der Waals surface area (Å²) in [6.45, 7) is 4.93. The monoisotopic (exact) mass is 291 g/mol. The molecule has 2 aromatic rings. The number of furan rings is 1. The lowest BCUT2D eigenvalue weighted by molar-refractivity contribution is 0.500. The van der Waals surface area contributed by atoms with Gasteiger partial charge in [-0.3, -0.25) is 4.99 Å². The van der Waals surface area contributed by atoms with Crippen LogP contribution in [0.3, 0.4) is 0 Å². The average molecular weight is 291 g/mol. The minimum Gasteiger partial charge on any atom is -0.467 e. The molecule has 0 aliphatic rings. The first-order chi connectivity index (χ1) is 9.67. The molecular formula is C15H21N3OS. The number of hydrogen-bond donors (Lipinski definition) is 2. The van der Waals surface area contributed by atoms with E-state index < -0.39 is 0 Å². The maximum Gasteiger partial charge on any atom is 0.191 e. The highest BCUT2D eigenvalue weighted by Crippen LogP contribution is 2.16. The molecule has 2 heterocycles. The van der Waals surface area contributed by atoms with Crippen molar-refractivity contribution in [3.05, 3.63) is 46.0 Å². The van der Waals surface area contributed by atoms with Gasteiger partial charge in [-0.05, 0) is 38.1 Å². The van der Waals surface area contributed by atoms with Crippen molar-refractivity contribution in [1.29, 1.82) is 0 Å². The van der Waals surface area contributed by atoms with E-state index in [1.54, 1.807) is 13.3 Å². The molecule has 5 heteroatoms. The molecule has 20 heavy (non-hydrogen) atoms. The van der Waals surface area contributed by atoms with E-state index >= 15 is 0 Å². The average Bonchev–Trinajstić information content (AvgIpc) is 3.06. The first kappa shape index (κ1) is 14.7. The lowest BCUT2D eigenvalue weighted by Crippen LogP contribution is -2.42. The van der Waals surface area contributed by atoms with Crippen LogP contribution in [0.25, 0.3) is 0 Å². The number of thiophene rings is 1. The Hall–Kier alpha value is -1.75. The molecule has 0 saturated carbocycles. The summed E-state index contributed by atoms with van der Waals surface area (Å²) in [6.07, 6.45) is 2.68. The van der Waals surface area contributed by atoms with E-state index in [9.17, 15) is 0 Å². The quantitative estimate of drug-likeness (QED) is 0.658. The summed E-state index contributed by atoms with van der Waals surface area (Å²) in [5.41, 5.74) is 0. The normalized spacial score (nSPS) is 13.2. The minimum atomic E-state index is 0.329. The van der Waals surface area contributed by atoms with E-state index in [4.69, 9.17) is 4.42 Å². The number of aryl methyl sites for hydroxylation is 1. The van der Waals surface area contributed by atoms with E-state index in [1.165, 1.54) is 9.75 Å². The van der Waals surface area contributed by atoms with E-state index in [2.05, 4.69) is 41.6 Å². The maximum atomic E-state index is 5.29. The number of nitrogens with one attached hydrogen (secondary N) is 2. The second-order valence-electron chi connectivity index (χ2n) is 4.77. The molecule has 0 aromatic carbocycles. The highest BCUT2D eigenvalue weighted by molar-refractivity contribution is 7.11. The molecule has 0 aliphatic carbocycles. The van der Waals surface area contributed by atoms with Gasteiger partial charge in [0.25, 0.3) is 0 Å². The molecule has 0 aliphatic heterocycles. The van der Waals surface area contributed by atoms with Crippen molar-refractivity contribution < 1.29 is 4.42 Å². The molecule has 0 amide bonds. The molecule has 0 spiro atoms. The van der Waals surface area contributed by atoms with Gasteiger partial charge in [0.15, 0.2) is 5.96 Å². The van der Waals surface area contributed by atoms with Gasteiger partial charge in [0.05, 0.1) is 12.8 Å². The lowest BCUT2D eigenvalue weighted by atomic mass is 10.2. The fourth-order valence-electron chi connectivity index (χ4n) is 1.96. The second-order valence-corrected chi connectivity index (χ2v) is 6.14. The van der Waals surface area contributed by atoms with Crippen molar-refractivity contribution >= 4 is 17.3 Å². The van der Waals surface area contributed by atoms with Gasteiger partial charge in [-0.15, -0.1) is 11.3 Å². The SMILES string of the molecule is CN=C(NCc1ccco1)NC(C)Cc1ccc(C)s1. The summed E-state index contributed by atoms with van der Waals surface area (Å²) in [5, 5.41) is 6.63. The van der Waals surface area contributed by atoms with E-state index in [0.29, 0.717) is 12.6 Å². The summed E-state index contributed by atoms with van der Waals surface area (Å²) in [7, 11) is 1.78. The fourth-order valence-corrected chi connectivity index (χ4v) is 2.98. The van der Waals surface area contributed by atoms with Crippen LogP contribution in [0.5, 0.6) is 0 Å². The predicted octanol–water partition coefficient (Wildman–Crippen LogP) is 2.95. The summed E-state index contributed by atoms with van der Waals surface area (Å²) in [5.74, 6) is 1.69. The van der Waals surface area contributed by atoms with Gasteiger partial charge in [0, 0.05) is 29.3 Å². The van der Waals surface area contributed by atoms with E-state index in [-0.39, 0.29) is 0 Å². The Bertz CT molecular complexity index is 545. The maximum absolute atomic E-state index is 5.29. The van der Waals surface area contributed by atoms with Gasteiger partial charge in [0.2, 0.25) is 0 Å². The molecule has 4 nitrogen and oxygen atoms in total. The van der Waals surface area contributed by atoms with Crippen molar-refractivity contribution in [3.8, 4) is 0 Å². The Morgan fingerprint density at radius 2 is 2.25 bits per heavy atom. The summed E-state index contributed by atoms with van der Waals surface area (Å²) in [4.78, 5) is 6.98. The summed E-state index contributed by atoms with van der Waals surface area (Å²) >= 11 is 1.85. The molecule has 0 fully saturated rings. The molecule has 0 bridgehead atoms. The molecule has 1 unspecified atom stereocenters. The molecule has 1 atom stereocenters. The van der Waals surface area contributed by atoms with E-state index in [1.807, 2.05) is 23.5 Å². The highest BCUT2D eigenvalue weighted by Gasteiger charge is 2.08. The third kappa shape index (κ3) is 4.42. The molecular weight excluding hydrogens is 270 g/mol. The van der Waals surface area contributed by atoms with Gasteiger partial charge < -0.3 is 15.1 Å². The van der Waals surface area contributed by atoms with Crippen molar-refractivity contribution in [1.82, 2.24) is 10.6 Å².